The molecule has 0 bridgehead atoms. The number of halogens is 1. The maximum absolute atomic E-state index is 2.34. The standard InChI is InChI=1S/C22H40N.BrH/c1-4-7-8-9-10-11-12-13-14-18-21-23(5-2,6-3)22-19-16-15-17-20-22;/h15-17,19-20H,4-14,18,21H2,1-3H3;1H/q+1;/p-1. The van der Waals surface area contributed by atoms with Crippen LogP contribution in [0.15, 0.2) is 30.3 Å². The van der Waals surface area contributed by atoms with Gasteiger partial charge in [0, 0.05) is 0 Å². The summed E-state index contributed by atoms with van der Waals surface area (Å²) in [5.41, 5.74) is 1.49. The summed E-state index contributed by atoms with van der Waals surface area (Å²) in [6, 6.07) is 11.1. The van der Waals surface area contributed by atoms with Crippen molar-refractivity contribution in [3.63, 3.8) is 0 Å². The lowest BCUT2D eigenvalue weighted by Crippen LogP contribution is -3.00. The number of quaternary nitrogens is 1. The van der Waals surface area contributed by atoms with Crippen LogP contribution in [0.4, 0.5) is 5.69 Å². The molecule has 0 aromatic heterocycles. The first-order chi connectivity index (χ1) is 11.3. The Labute approximate surface area is 162 Å². The fourth-order valence-corrected chi connectivity index (χ4v) is 3.68. The van der Waals surface area contributed by atoms with Gasteiger partial charge in [0.25, 0.3) is 0 Å². The van der Waals surface area contributed by atoms with Crippen LogP contribution in [-0.4, -0.2) is 19.6 Å². The van der Waals surface area contributed by atoms with Crippen LogP contribution in [0.2, 0.25) is 0 Å². The summed E-state index contributed by atoms with van der Waals surface area (Å²) >= 11 is 0. The summed E-state index contributed by atoms with van der Waals surface area (Å²) in [6.07, 6.45) is 14.2. The number of rotatable bonds is 14. The topological polar surface area (TPSA) is 0 Å². The molecule has 0 fully saturated rings. The number of hydrogen-bond acceptors (Lipinski definition) is 0. The normalized spacial score (nSPS) is 11.3. The van der Waals surface area contributed by atoms with Gasteiger partial charge in [-0.15, -0.1) is 0 Å². The molecule has 2 heteroatoms. The molecule has 0 aliphatic heterocycles. The smallest absolute Gasteiger partial charge is 0.132 e. The predicted octanol–water partition coefficient (Wildman–Crippen LogP) is 3.96. The van der Waals surface area contributed by atoms with E-state index in [4.69, 9.17) is 0 Å². The van der Waals surface area contributed by atoms with Gasteiger partial charge in [-0.2, -0.15) is 0 Å². The summed E-state index contributed by atoms with van der Waals surface area (Å²) in [6.45, 7) is 10.7. The van der Waals surface area contributed by atoms with Gasteiger partial charge in [-0.3, -0.25) is 4.48 Å². The highest BCUT2D eigenvalue weighted by atomic mass is 79.9. The van der Waals surface area contributed by atoms with Crippen LogP contribution in [0.5, 0.6) is 0 Å². The third-order valence-corrected chi connectivity index (χ3v) is 5.45. The van der Waals surface area contributed by atoms with Crippen molar-refractivity contribution in [2.75, 3.05) is 19.6 Å². The molecular weight excluding hydrogens is 358 g/mol. The lowest BCUT2D eigenvalue weighted by Gasteiger charge is -2.36. The lowest BCUT2D eigenvalue weighted by atomic mass is 10.1. The Hall–Kier alpha value is -0.340. The Morgan fingerprint density at radius 1 is 0.625 bits per heavy atom. The molecule has 0 atom stereocenters. The molecule has 1 aromatic carbocycles. The zero-order chi connectivity index (χ0) is 16.8. The summed E-state index contributed by atoms with van der Waals surface area (Å²) < 4.78 is 1.15. The molecule has 0 saturated heterocycles. The Morgan fingerprint density at radius 3 is 1.54 bits per heavy atom. The Kier molecular flexibility index (Phi) is 14.7. The van der Waals surface area contributed by atoms with Crippen molar-refractivity contribution < 1.29 is 17.0 Å². The van der Waals surface area contributed by atoms with Crippen molar-refractivity contribution in [3.8, 4) is 0 Å². The van der Waals surface area contributed by atoms with E-state index in [1.807, 2.05) is 0 Å². The van der Waals surface area contributed by atoms with Gasteiger partial charge in [0.05, 0.1) is 19.6 Å². The first-order valence-corrected chi connectivity index (χ1v) is 10.2. The van der Waals surface area contributed by atoms with Gasteiger partial charge in [-0.1, -0.05) is 76.5 Å². The summed E-state index contributed by atoms with van der Waals surface area (Å²) in [4.78, 5) is 0. The highest BCUT2D eigenvalue weighted by molar-refractivity contribution is 5.42. The fourth-order valence-electron chi connectivity index (χ4n) is 3.68. The van der Waals surface area contributed by atoms with E-state index < -0.39 is 0 Å². The van der Waals surface area contributed by atoms with Crippen molar-refractivity contribution in [1.29, 1.82) is 0 Å². The van der Waals surface area contributed by atoms with Crippen molar-refractivity contribution in [1.82, 2.24) is 4.48 Å². The minimum atomic E-state index is 0. The zero-order valence-corrected chi connectivity index (χ0v) is 18.0. The second kappa shape index (κ2) is 15.0. The number of nitrogens with zero attached hydrogens (tertiary/aromatic N) is 1. The van der Waals surface area contributed by atoms with Crippen molar-refractivity contribution >= 4 is 5.69 Å². The monoisotopic (exact) mass is 397 g/mol. The molecule has 0 aliphatic carbocycles. The Balaban J connectivity index is 0.00000529. The molecule has 0 heterocycles. The van der Waals surface area contributed by atoms with Crippen molar-refractivity contribution in [3.05, 3.63) is 30.3 Å². The number of benzene rings is 1. The van der Waals surface area contributed by atoms with Crippen LogP contribution in [0.3, 0.4) is 0 Å². The molecule has 0 N–H and O–H groups in total. The van der Waals surface area contributed by atoms with Crippen LogP contribution < -0.4 is 21.5 Å². The van der Waals surface area contributed by atoms with Gasteiger partial charge in [0.2, 0.25) is 0 Å². The molecule has 0 aliphatic rings. The average molecular weight is 398 g/mol. The van der Waals surface area contributed by atoms with E-state index in [1.165, 1.54) is 89.5 Å². The fraction of sp³-hybridized carbons (Fsp3) is 0.727. The molecule has 1 rings (SSSR count). The first-order valence-electron chi connectivity index (χ1n) is 10.2. The molecule has 0 unspecified atom stereocenters. The van der Waals surface area contributed by atoms with Crippen LogP contribution in [-0.2, 0) is 0 Å². The molecule has 140 valence electrons. The van der Waals surface area contributed by atoms with Crippen LogP contribution in [0.1, 0.15) is 85.0 Å². The third kappa shape index (κ3) is 8.67. The van der Waals surface area contributed by atoms with Crippen LogP contribution >= 0.6 is 0 Å². The van der Waals surface area contributed by atoms with Gasteiger partial charge >= 0.3 is 0 Å². The first kappa shape index (κ1) is 23.7. The number of hydrogen-bond donors (Lipinski definition) is 0. The molecule has 0 spiro atoms. The van der Waals surface area contributed by atoms with Crippen LogP contribution in [0.25, 0.3) is 0 Å². The molecule has 0 saturated carbocycles. The second-order valence-electron chi connectivity index (χ2n) is 7.02. The quantitative estimate of drug-likeness (QED) is 0.329. The zero-order valence-electron chi connectivity index (χ0n) is 16.4. The third-order valence-electron chi connectivity index (χ3n) is 5.45. The van der Waals surface area contributed by atoms with E-state index in [-0.39, 0.29) is 17.0 Å². The molecule has 1 nitrogen and oxygen atoms in total. The SMILES string of the molecule is CCCCCCCCCCCC[N+](CC)(CC)c1ccccc1.[Br-]. The molecule has 0 amide bonds. The minimum Gasteiger partial charge on any atom is -1.00 e. The van der Waals surface area contributed by atoms with Gasteiger partial charge in [0.15, 0.2) is 0 Å². The summed E-state index contributed by atoms with van der Waals surface area (Å²) in [5.74, 6) is 0. The average Bonchev–Trinajstić information content (AvgIpc) is 2.61. The van der Waals surface area contributed by atoms with Crippen molar-refractivity contribution in [2.24, 2.45) is 0 Å². The van der Waals surface area contributed by atoms with E-state index in [9.17, 15) is 0 Å². The van der Waals surface area contributed by atoms with Gasteiger partial charge in [-0.05, 0) is 38.8 Å². The molecule has 1 aromatic rings. The lowest BCUT2D eigenvalue weighted by molar-refractivity contribution is -0.00000505. The molecular formula is C22H40BrN. The van der Waals surface area contributed by atoms with Crippen molar-refractivity contribution in [2.45, 2.75) is 85.0 Å². The maximum atomic E-state index is 2.34. The summed E-state index contributed by atoms with van der Waals surface area (Å²) in [5, 5.41) is 0. The van der Waals surface area contributed by atoms with E-state index in [0.29, 0.717) is 0 Å². The van der Waals surface area contributed by atoms with E-state index in [0.717, 1.165) is 4.48 Å². The molecule has 24 heavy (non-hydrogen) atoms. The van der Waals surface area contributed by atoms with Crippen LogP contribution in [0, 0.1) is 0 Å². The highest BCUT2D eigenvalue weighted by Gasteiger charge is 2.25. The number of unbranched alkanes of at least 4 members (excludes halogenated alkanes) is 9. The predicted molar refractivity (Wildman–Crippen MR) is 106 cm³/mol. The van der Waals surface area contributed by atoms with Gasteiger partial charge < -0.3 is 17.0 Å². The Bertz CT molecular complexity index is 373. The van der Waals surface area contributed by atoms with Gasteiger partial charge in [0.1, 0.15) is 5.69 Å². The van der Waals surface area contributed by atoms with E-state index in [1.54, 1.807) is 0 Å². The Morgan fingerprint density at radius 2 is 1.08 bits per heavy atom. The molecule has 0 radical (unpaired) electrons. The number of para-hydroxylation sites is 1. The van der Waals surface area contributed by atoms with E-state index in [2.05, 4.69) is 51.1 Å². The van der Waals surface area contributed by atoms with Gasteiger partial charge in [-0.25, -0.2) is 0 Å². The van der Waals surface area contributed by atoms with E-state index >= 15 is 0 Å². The second-order valence-corrected chi connectivity index (χ2v) is 7.02. The largest absolute Gasteiger partial charge is 1.00 e. The highest BCUT2D eigenvalue weighted by Crippen LogP contribution is 2.23. The summed E-state index contributed by atoms with van der Waals surface area (Å²) in [7, 11) is 0. The minimum absolute atomic E-state index is 0. The maximum Gasteiger partial charge on any atom is 0.132 e.